The molecule has 2 aromatic rings. The second-order valence-electron chi connectivity index (χ2n) is 7.41. The van der Waals surface area contributed by atoms with Gasteiger partial charge in [0, 0.05) is 29.8 Å². The first-order valence-corrected chi connectivity index (χ1v) is 9.68. The van der Waals surface area contributed by atoms with Crippen molar-refractivity contribution in [1.82, 2.24) is 5.32 Å². The van der Waals surface area contributed by atoms with E-state index in [2.05, 4.69) is 10.6 Å². The maximum absolute atomic E-state index is 15.1. The molecule has 1 saturated heterocycles. The number of carbonyl (C=O) groups excluding carboxylic acids is 2. The van der Waals surface area contributed by atoms with E-state index in [-0.39, 0.29) is 30.5 Å². The molecule has 0 saturated carbocycles. The van der Waals surface area contributed by atoms with Gasteiger partial charge in [0.1, 0.15) is 11.9 Å². The van der Waals surface area contributed by atoms with Crippen molar-refractivity contribution in [2.45, 2.75) is 32.9 Å². The molecule has 0 unspecified atom stereocenters. The Hall–Kier alpha value is -3.42. The lowest BCUT2D eigenvalue weighted by Crippen LogP contribution is -2.33. The third kappa shape index (κ3) is 4.94. The maximum Gasteiger partial charge on any atom is 0.414 e. The largest absolute Gasteiger partial charge is 0.442 e. The van der Waals surface area contributed by atoms with E-state index >= 15 is 4.39 Å². The summed E-state index contributed by atoms with van der Waals surface area (Å²) in [6.07, 6.45) is -1.10. The van der Waals surface area contributed by atoms with Crippen LogP contribution in [0, 0.1) is 5.82 Å². The zero-order valence-corrected chi connectivity index (χ0v) is 17.1. The van der Waals surface area contributed by atoms with Crippen LogP contribution in [0.1, 0.15) is 20.8 Å². The molecule has 2 aromatic carbocycles. The number of cyclic esters (lactones) is 1. The predicted molar refractivity (Wildman–Crippen MR) is 113 cm³/mol. The van der Waals surface area contributed by atoms with Crippen molar-refractivity contribution >= 4 is 23.4 Å². The van der Waals surface area contributed by atoms with Crippen LogP contribution in [0.5, 0.6) is 0 Å². The normalized spacial score (nSPS) is 15.8. The molecule has 1 aliphatic rings. The summed E-state index contributed by atoms with van der Waals surface area (Å²) in [5, 5.41) is 5.83. The Bertz CT molecular complexity index is 1030. The van der Waals surface area contributed by atoms with Gasteiger partial charge in [0.2, 0.25) is 5.91 Å². The Morgan fingerprint density at radius 1 is 1.17 bits per heavy atom. The average Bonchev–Trinajstić information content (AvgIpc) is 2.95. The molecule has 1 aliphatic heterocycles. The van der Waals surface area contributed by atoms with Crippen molar-refractivity contribution in [2.24, 2.45) is 0 Å². The first-order valence-electron chi connectivity index (χ1n) is 9.68. The summed E-state index contributed by atoms with van der Waals surface area (Å²) < 4.78 is 20.3. The minimum atomic E-state index is -0.596. The molecule has 3 rings (SSSR count). The highest BCUT2D eigenvalue weighted by Crippen LogP contribution is 2.32. The van der Waals surface area contributed by atoms with Crippen molar-refractivity contribution in [3.63, 3.8) is 0 Å². The van der Waals surface area contributed by atoms with Gasteiger partial charge >= 0.3 is 6.09 Å². The van der Waals surface area contributed by atoms with Crippen LogP contribution >= 0.6 is 0 Å². The Labute approximate surface area is 173 Å². The molecule has 0 aliphatic carbocycles. The zero-order chi connectivity index (χ0) is 21.8. The number of anilines is 2. The second-order valence-corrected chi connectivity index (χ2v) is 7.41. The molecule has 7 nitrogen and oxygen atoms in total. The molecule has 1 heterocycles. The molecule has 2 amide bonds. The van der Waals surface area contributed by atoms with Gasteiger partial charge in [-0.3, -0.25) is 14.5 Å². The number of benzene rings is 1. The second kappa shape index (κ2) is 8.94. The lowest BCUT2D eigenvalue weighted by molar-refractivity contribution is -0.119. The van der Waals surface area contributed by atoms with Gasteiger partial charge in [0.25, 0.3) is 0 Å². The molecule has 0 radical (unpaired) electrons. The lowest BCUT2D eigenvalue weighted by atomic mass is 10.0. The summed E-state index contributed by atoms with van der Waals surface area (Å²) in [5.41, 5.74) is 1.65. The highest BCUT2D eigenvalue weighted by Gasteiger charge is 2.32. The summed E-state index contributed by atoms with van der Waals surface area (Å²) >= 11 is 0. The maximum atomic E-state index is 15.1. The van der Waals surface area contributed by atoms with Crippen LogP contribution in [-0.2, 0) is 9.53 Å². The van der Waals surface area contributed by atoms with Crippen molar-refractivity contribution in [3.8, 4) is 11.1 Å². The van der Waals surface area contributed by atoms with Crippen molar-refractivity contribution in [1.29, 1.82) is 0 Å². The van der Waals surface area contributed by atoms with Crippen LogP contribution in [0.3, 0.4) is 0 Å². The number of ether oxygens (including phenoxy) is 1. The van der Waals surface area contributed by atoms with Crippen molar-refractivity contribution < 1.29 is 18.7 Å². The van der Waals surface area contributed by atoms with Crippen LogP contribution in [0.15, 0.2) is 47.3 Å². The lowest BCUT2D eigenvalue weighted by Gasteiger charge is -2.16. The van der Waals surface area contributed by atoms with Crippen LogP contribution in [0.25, 0.3) is 11.1 Å². The smallest absolute Gasteiger partial charge is 0.414 e. The topological polar surface area (TPSA) is 87.7 Å². The number of nitrogens with one attached hydrogen (secondary N) is 2. The van der Waals surface area contributed by atoms with Crippen LogP contribution in [-0.4, -0.2) is 37.2 Å². The van der Waals surface area contributed by atoms with Crippen molar-refractivity contribution in [2.75, 3.05) is 23.3 Å². The number of amides is 2. The average molecular weight is 413 g/mol. The zero-order valence-electron chi connectivity index (χ0n) is 17.1. The van der Waals surface area contributed by atoms with E-state index in [9.17, 15) is 14.4 Å². The fourth-order valence-electron chi connectivity index (χ4n) is 3.22. The van der Waals surface area contributed by atoms with Crippen molar-refractivity contribution in [3.05, 3.63) is 58.5 Å². The molecule has 1 fully saturated rings. The van der Waals surface area contributed by atoms with Gasteiger partial charge in [-0.25, -0.2) is 9.18 Å². The van der Waals surface area contributed by atoms with Gasteiger partial charge < -0.3 is 15.4 Å². The summed E-state index contributed by atoms with van der Waals surface area (Å²) in [5.74, 6) is -0.751. The van der Waals surface area contributed by atoms with E-state index in [1.54, 1.807) is 24.3 Å². The molecule has 8 heteroatoms. The monoisotopic (exact) mass is 413 g/mol. The molecule has 0 aromatic heterocycles. The van der Waals surface area contributed by atoms with E-state index in [0.29, 0.717) is 22.5 Å². The summed E-state index contributed by atoms with van der Waals surface area (Å²) in [6.45, 7) is 5.68. The van der Waals surface area contributed by atoms with Gasteiger partial charge in [-0.05, 0) is 56.3 Å². The minimum absolute atomic E-state index is 0.0866. The Morgan fingerprint density at radius 3 is 2.53 bits per heavy atom. The number of nitrogens with zero attached hydrogens (tertiary/aromatic N) is 1. The van der Waals surface area contributed by atoms with E-state index in [1.807, 2.05) is 13.8 Å². The summed E-state index contributed by atoms with van der Waals surface area (Å²) in [4.78, 5) is 36.3. The third-order valence-corrected chi connectivity index (χ3v) is 4.57. The number of carbonyl (C=O) groups is 2. The fourth-order valence-corrected chi connectivity index (χ4v) is 3.22. The SMILES string of the molecule is CC(=O)NC[C@H]1CN(c2ccc(-c3ccc(=O)ccc3NC(C)C)c(F)c2)C(=O)O1. The molecule has 0 spiro atoms. The summed E-state index contributed by atoms with van der Waals surface area (Å²) in [6, 6.07) is 10.6. The molecule has 1 atom stereocenters. The van der Waals surface area contributed by atoms with Gasteiger partial charge in [0.15, 0.2) is 5.43 Å². The number of hydrogen-bond acceptors (Lipinski definition) is 5. The van der Waals surface area contributed by atoms with Gasteiger partial charge in [-0.2, -0.15) is 0 Å². The quantitative estimate of drug-likeness (QED) is 0.760. The third-order valence-electron chi connectivity index (χ3n) is 4.57. The van der Waals surface area contributed by atoms with Crippen LogP contribution in [0.2, 0.25) is 0 Å². The molecular weight excluding hydrogens is 389 g/mol. The Balaban J connectivity index is 1.90. The molecule has 158 valence electrons. The van der Waals surface area contributed by atoms with Crippen LogP contribution in [0.4, 0.5) is 20.6 Å². The van der Waals surface area contributed by atoms with E-state index in [1.165, 1.54) is 30.0 Å². The Kier molecular flexibility index (Phi) is 6.34. The van der Waals surface area contributed by atoms with E-state index < -0.39 is 18.0 Å². The first kappa shape index (κ1) is 21.3. The van der Waals surface area contributed by atoms with Gasteiger partial charge in [-0.15, -0.1) is 0 Å². The molecular formula is C22H24FN3O4. The molecule has 0 bridgehead atoms. The van der Waals surface area contributed by atoms with E-state index in [0.717, 1.165) is 0 Å². The molecule has 30 heavy (non-hydrogen) atoms. The number of hydrogen-bond donors (Lipinski definition) is 2. The predicted octanol–water partition coefficient (Wildman–Crippen LogP) is 3.13. The summed E-state index contributed by atoms with van der Waals surface area (Å²) in [7, 11) is 0. The van der Waals surface area contributed by atoms with E-state index in [4.69, 9.17) is 4.74 Å². The number of halogens is 1. The highest BCUT2D eigenvalue weighted by atomic mass is 19.1. The minimum Gasteiger partial charge on any atom is -0.442 e. The van der Waals surface area contributed by atoms with Crippen LogP contribution < -0.4 is 21.0 Å². The number of rotatable bonds is 6. The fraction of sp³-hybridized carbons (Fsp3) is 0.318. The first-order chi connectivity index (χ1) is 14.2. The highest BCUT2D eigenvalue weighted by molar-refractivity contribution is 5.90. The molecule has 2 N–H and O–H groups in total. The standard InChI is InChI=1S/C22H24FN3O4/c1-13(2)25-21-9-6-16(28)5-8-19(21)18-7-4-15(10-20(18)23)26-12-17(30-22(26)29)11-24-14(3)27/h4-10,13,17,25H,11-12H2,1-3H3,(H,24,27)/t17-/m0/s1. The van der Waals surface area contributed by atoms with Gasteiger partial charge in [0.05, 0.1) is 18.8 Å². The Morgan fingerprint density at radius 2 is 1.87 bits per heavy atom. The van der Waals surface area contributed by atoms with Gasteiger partial charge in [-0.1, -0.05) is 0 Å².